The molecule has 0 amide bonds. The minimum Gasteiger partial charge on any atom is -0.508 e. The van der Waals surface area contributed by atoms with Gasteiger partial charge in [-0.2, -0.15) is 0 Å². The predicted octanol–water partition coefficient (Wildman–Crippen LogP) is 2.59. The fourth-order valence-corrected chi connectivity index (χ4v) is 4.17. The highest BCUT2D eigenvalue weighted by molar-refractivity contribution is 5.71. The molecule has 2 atom stereocenters. The van der Waals surface area contributed by atoms with Crippen molar-refractivity contribution >= 4 is 5.57 Å². The maximum atomic E-state index is 15.1. The van der Waals surface area contributed by atoms with Gasteiger partial charge in [0.1, 0.15) is 23.3 Å². The normalized spacial score (nSPS) is 26.2. The van der Waals surface area contributed by atoms with Crippen LogP contribution < -0.4 is 15.8 Å². The third-order valence-electron chi connectivity index (χ3n) is 5.44. The van der Waals surface area contributed by atoms with E-state index in [0.29, 0.717) is 43.2 Å². The molecule has 0 saturated carbocycles. The van der Waals surface area contributed by atoms with Crippen molar-refractivity contribution in [1.29, 1.82) is 0 Å². The molecule has 146 valence electrons. The second kappa shape index (κ2) is 6.56. The number of morpholine rings is 1. The van der Waals surface area contributed by atoms with Crippen LogP contribution in [0.4, 0.5) is 4.39 Å². The van der Waals surface area contributed by atoms with Gasteiger partial charge < -0.3 is 30.4 Å². The second-order valence-corrected chi connectivity index (χ2v) is 7.30. The van der Waals surface area contributed by atoms with Crippen molar-refractivity contribution in [2.45, 2.75) is 18.2 Å². The highest BCUT2D eigenvalue weighted by atomic mass is 19.1. The van der Waals surface area contributed by atoms with Gasteiger partial charge >= 0.3 is 0 Å². The smallest absolute Gasteiger partial charge is 0.169 e. The molecule has 0 aromatic heterocycles. The molecule has 3 aliphatic rings. The minimum absolute atomic E-state index is 0.0768. The molecule has 0 radical (unpaired) electrons. The van der Waals surface area contributed by atoms with E-state index in [1.165, 1.54) is 12.1 Å². The average Bonchev–Trinajstić information content (AvgIpc) is 2.70. The SMILES string of the molecule is N[C@@H]1CNCC2(O1)c1cc(O)ccc1Oc1c(F)cc(C3=CCCOC3)cc12. The van der Waals surface area contributed by atoms with Crippen LogP contribution in [0.2, 0.25) is 0 Å². The molecule has 0 bridgehead atoms. The Labute approximate surface area is 161 Å². The molecule has 3 aliphatic heterocycles. The summed E-state index contributed by atoms with van der Waals surface area (Å²) < 4.78 is 32.8. The van der Waals surface area contributed by atoms with Crippen molar-refractivity contribution < 1.29 is 23.7 Å². The van der Waals surface area contributed by atoms with Crippen molar-refractivity contribution in [3.63, 3.8) is 0 Å². The van der Waals surface area contributed by atoms with Crippen LogP contribution in [0.1, 0.15) is 23.1 Å². The highest BCUT2D eigenvalue weighted by Gasteiger charge is 2.48. The molecule has 4 N–H and O–H groups in total. The first-order chi connectivity index (χ1) is 13.6. The molecule has 6 nitrogen and oxygen atoms in total. The van der Waals surface area contributed by atoms with Crippen molar-refractivity contribution in [1.82, 2.24) is 5.32 Å². The van der Waals surface area contributed by atoms with Gasteiger partial charge in [0.15, 0.2) is 11.6 Å². The van der Waals surface area contributed by atoms with Crippen LogP contribution in [-0.4, -0.2) is 37.6 Å². The molecular formula is C21H21FN2O4. The highest BCUT2D eigenvalue weighted by Crippen LogP contribution is 2.52. The van der Waals surface area contributed by atoms with Gasteiger partial charge in [-0.3, -0.25) is 0 Å². The molecule has 7 heteroatoms. The monoisotopic (exact) mass is 384 g/mol. The fraction of sp³-hybridized carbons (Fsp3) is 0.333. The Hall–Kier alpha value is -2.45. The van der Waals surface area contributed by atoms with E-state index in [1.807, 2.05) is 6.07 Å². The van der Waals surface area contributed by atoms with E-state index in [4.69, 9.17) is 19.9 Å². The first kappa shape index (κ1) is 17.6. The number of nitrogens with two attached hydrogens (primary N) is 1. The van der Waals surface area contributed by atoms with E-state index < -0.39 is 17.6 Å². The van der Waals surface area contributed by atoms with Gasteiger partial charge in [0.05, 0.1) is 13.2 Å². The van der Waals surface area contributed by atoms with E-state index in [-0.39, 0.29) is 11.5 Å². The summed E-state index contributed by atoms with van der Waals surface area (Å²) in [6, 6.07) is 8.06. The number of phenols is 1. The predicted molar refractivity (Wildman–Crippen MR) is 101 cm³/mol. The molecule has 0 aliphatic carbocycles. The third-order valence-corrected chi connectivity index (χ3v) is 5.44. The molecule has 28 heavy (non-hydrogen) atoms. The topological polar surface area (TPSA) is 86.0 Å². The summed E-state index contributed by atoms with van der Waals surface area (Å²) in [7, 11) is 0. The lowest BCUT2D eigenvalue weighted by atomic mass is 9.80. The summed E-state index contributed by atoms with van der Waals surface area (Å²) in [6.07, 6.45) is 2.26. The van der Waals surface area contributed by atoms with Crippen LogP contribution in [-0.2, 0) is 15.1 Å². The maximum Gasteiger partial charge on any atom is 0.169 e. The fourth-order valence-electron chi connectivity index (χ4n) is 4.17. The number of hydrogen-bond donors (Lipinski definition) is 3. The Morgan fingerprint density at radius 2 is 2.11 bits per heavy atom. The summed E-state index contributed by atoms with van der Waals surface area (Å²) in [5.41, 5.74) is 7.86. The lowest BCUT2D eigenvalue weighted by Gasteiger charge is -2.44. The second-order valence-electron chi connectivity index (χ2n) is 7.30. The summed E-state index contributed by atoms with van der Waals surface area (Å²) in [6.45, 7) is 1.96. The number of hydrogen-bond acceptors (Lipinski definition) is 6. The number of rotatable bonds is 1. The first-order valence-electron chi connectivity index (χ1n) is 9.33. The van der Waals surface area contributed by atoms with Crippen molar-refractivity contribution in [3.05, 3.63) is 58.9 Å². The molecule has 5 rings (SSSR count). The van der Waals surface area contributed by atoms with Crippen LogP contribution in [0.15, 0.2) is 36.4 Å². The van der Waals surface area contributed by atoms with Crippen LogP contribution in [0.3, 0.4) is 0 Å². The van der Waals surface area contributed by atoms with Crippen molar-refractivity contribution in [2.75, 3.05) is 26.3 Å². The minimum atomic E-state index is -1.06. The Kier molecular flexibility index (Phi) is 4.13. The Balaban J connectivity index is 1.73. The largest absolute Gasteiger partial charge is 0.508 e. The molecule has 3 heterocycles. The average molecular weight is 384 g/mol. The van der Waals surface area contributed by atoms with Crippen LogP contribution >= 0.6 is 0 Å². The number of phenolic OH excluding ortho intramolecular Hbond substituents is 1. The van der Waals surface area contributed by atoms with Crippen molar-refractivity contribution in [3.8, 4) is 17.2 Å². The van der Waals surface area contributed by atoms with Crippen LogP contribution in [0, 0.1) is 5.82 Å². The summed E-state index contributed by atoms with van der Waals surface area (Å²) >= 11 is 0. The third kappa shape index (κ3) is 2.70. The van der Waals surface area contributed by atoms with Gasteiger partial charge in [0.2, 0.25) is 0 Å². The zero-order chi connectivity index (χ0) is 19.3. The molecule has 1 spiro atoms. The van der Waals surface area contributed by atoms with Gasteiger partial charge in [-0.15, -0.1) is 0 Å². The standard InChI is InChI=1S/C21H21FN2O4/c22-17-7-13(12-2-1-5-26-10-12)6-16-20(17)27-18-4-3-14(25)8-15(18)21(16)11-24-9-19(23)28-21/h2-4,6-8,19,24-25H,1,5,9-11,23H2/t19-,21?/m0/s1. The Morgan fingerprint density at radius 1 is 1.21 bits per heavy atom. The molecular weight excluding hydrogens is 363 g/mol. The first-order valence-corrected chi connectivity index (χ1v) is 9.33. The molecule has 1 saturated heterocycles. The van der Waals surface area contributed by atoms with E-state index in [2.05, 4.69) is 11.4 Å². The number of ether oxygens (including phenoxy) is 3. The Bertz CT molecular complexity index is 977. The maximum absolute atomic E-state index is 15.1. The summed E-state index contributed by atoms with van der Waals surface area (Å²) in [5, 5.41) is 13.3. The molecule has 2 aromatic rings. The number of aromatic hydroxyl groups is 1. The van der Waals surface area contributed by atoms with Gasteiger partial charge in [0.25, 0.3) is 0 Å². The van der Waals surface area contributed by atoms with Gasteiger partial charge in [-0.05, 0) is 47.9 Å². The van der Waals surface area contributed by atoms with Crippen LogP contribution in [0.25, 0.3) is 5.57 Å². The Morgan fingerprint density at radius 3 is 2.89 bits per heavy atom. The molecule has 2 aromatic carbocycles. The van der Waals surface area contributed by atoms with Gasteiger partial charge in [-0.1, -0.05) is 6.08 Å². The lowest BCUT2D eigenvalue weighted by Crippen LogP contribution is -2.56. The van der Waals surface area contributed by atoms with Gasteiger partial charge in [-0.25, -0.2) is 4.39 Å². The van der Waals surface area contributed by atoms with E-state index in [1.54, 1.807) is 12.1 Å². The van der Waals surface area contributed by atoms with E-state index in [9.17, 15) is 5.11 Å². The van der Waals surface area contributed by atoms with Crippen LogP contribution in [0.5, 0.6) is 17.2 Å². The number of nitrogens with one attached hydrogen (secondary N) is 1. The number of fused-ring (bicyclic) bond motifs is 4. The van der Waals surface area contributed by atoms with Crippen molar-refractivity contribution in [2.24, 2.45) is 5.73 Å². The zero-order valence-electron chi connectivity index (χ0n) is 15.2. The summed E-state index contributed by atoms with van der Waals surface area (Å²) in [5.74, 6) is 0.163. The quantitative estimate of drug-likeness (QED) is 0.701. The lowest BCUT2D eigenvalue weighted by molar-refractivity contribution is -0.0974. The molecule has 1 unspecified atom stereocenters. The zero-order valence-corrected chi connectivity index (χ0v) is 15.2. The number of benzene rings is 2. The molecule has 1 fully saturated rings. The summed E-state index contributed by atoms with van der Waals surface area (Å²) in [4.78, 5) is 0. The van der Waals surface area contributed by atoms with E-state index >= 15 is 4.39 Å². The van der Waals surface area contributed by atoms with E-state index in [0.717, 1.165) is 17.6 Å². The van der Waals surface area contributed by atoms with Gasteiger partial charge in [0, 0.05) is 24.2 Å². The number of halogens is 1.